The molecule has 98 valence electrons. The number of rotatable bonds is 12. The second-order valence-electron chi connectivity index (χ2n) is 3.89. The smallest absolute Gasteiger partial charge is 0.0701 e. The van der Waals surface area contributed by atoms with Gasteiger partial charge in [-0.1, -0.05) is 13.3 Å². The topological polar surface area (TPSA) is 39.7 Å². The van der Waals surface area contributed by atoms with Crippen LogP contribution < -0.4 is 5.32 Å². The van der Waals surface area contributed by atoms with Crippen molar-refractivity contribution in [2.45, 2.75) is 32.7 Å². The second kappa shape index (κ2) is 12.9. The second-order valence-corrected chi connectivity index (χ2v) is 3.89. The minimum absolute atomic E-state index is 0.384. The Balaban J connectivity index is 2.98. The molecule has 0 spiro atoms. The van der Waals surface area contributed by atoms with E-state index >= 15 is 0 Å². The third kappa shape index (κ3) is 11.9. The van der Waals surface area contributed by atoms with E-state index in [2.05, 4.69) is 19.2 Å². The molecule has 1 N–H and O–H groups in total. The van der Waals surface area contributed by atoms with Crippen molar-refractivity contribution < 1.29 is 14.2 Å². The summed E-state index contributed by atoms with van der Waals surface area (Å²) in [6.07, 6.45) is 2.32. The molecule has 0 fully saturated rings. The Morgan fingerprint density at radius 1 is 1.06 bits per heavy atom. The molecule has 0 rings (SSSR count). The van der Waals surface area contributed by atoms with Crippen LogP contribution in [-0.4, -0.2) is 52.7 Å². The van der Waals surface area contributed by atoms with Crippen molar-refractivity contribution in [3.8, 4) is 0 Å². The van der Waals surface area contributed by atoms with E-state index in [1.54, 1.807) is 7.11 Å². The van der Waals surface area contributed by atoms with Crippen molar-refractivity contribution in [1.29, 1.82) is 0 Å². The fraction of sp³-hybridized carbons (Fsp3) is 1.00. The van der Waals surface area contributed by atoms with Gasteiger partial charge in [-0.25, -0.2) is 0 Å². The molecule has 0 saturated heterocycles. The number of nitrogens with one attached hydrogen (secondary N) is 1. The van der Waals surface area contributed by atoms with Gasteiger partial charge in [0, 0.05) is 26.3 Å². The van der Waals surface area contributed by atoms with Gasteiger partial charge >= 0.3 is 0 Å². The van der Waals surface area contributed by atoms with Crippen molar-refractivity contribution in [2.24, 2.45) is 0 Å². The van der Waals surface area contributed by atoms with Crippen LogP contribution in [0.4, 0.5) is 0 Å². The van der Waals surface area contributed by atoms with Gasteiger partial charge in [-0.3, -0.25) is 0 Å². The average molecular weight is 233 g/mol. The lowest BCUT2D eigenvalue weighted by atomic mass is 10.3. The van der Waals surface area contributed by atoms with E-state index in [0.717, 1.165) is 32.8 Å². The molecule has 0 aliphatic heterocycles. The van der Waals surface area contributed by atoms with Crippen LogP contribution in [-0.2, 0) is 14.2 Å². The highest BCUT2D eigenvalue weighted by molar-refractivity contribution is 4.57. The number of methoxy groups -OCH3 is 1. The SMILES string of the molecule is CCCCOCCOCCNC(C)COC. The van der Waals surface area contributed by atoms with Crippen LogP contribution in [0.25, 0.3) is 0 Å². The van der Waals surface area contributed by atoms with Crippen LogP contribution in [0.1, 0.15) is 26.7 Å². The zero-order chi connectivity index (χ0) is 12.1. The maximum absolute atomic E-state index is 5.41. The Morgan fingerprint density at radius 2 is 1.75 bits per heavy atom. The van der Waals surface area contributed by atoms with Gasteiger partial charge in [0.2, 0.25) is 0 Å². The molecule has 4 heteroatoms. The minimum atomic E-state index is 0.384. The number of unbranched alkanes of at least 4 members (excludes halogenated alkanes) is 1. The van der Waals surface area contributed by atoms with E-state index in [1.807, 2.05) is 0 Å². The highest BCUT2D eigenvalue weighted by atomic mass is 16.5. The third-order valence-corrected chi connectivity index (χ3v) is 2.17. The van der Waals surface area contributed by atoms with Gasteiger partial charge in [0.15, 0.2) is 0 Å². The molecule has 0 aromatic rings. The molecular formula is C12H27NO3. The van der Waals surface area contributed by atoms with Gasteiger partial charge < -0.3 is 19.5 Å². The summed E-state index contributed by atoms with van der Waals surface area (Å²) in [6.45, 7) is 8.82. The van der Waals surface area contributed by atoms with Crippen molar-refractivity contribution in [1.82, 2.24) is 5.32 Å². The molecule has 0 aliphatic rings. The Hall–Kier alpha value is -0.160. The molecule has 0 aromatic carbocycles. The molecule has 1 unspecified atom stereocenters. The number of ether oxygens (including phenoxy) is 3. The van der Waals surface area contributed by atoms with Crippen LogP contribution in [0.15, 0.2) is 0 Å². The first-order chi connectivity index (χ1) is 7.81. The molecule has 0 saturated carbocycles. The predicted octanol–water partition coefficient (Wildman–Crippen LogP) is 1.44. The summed E-state index contributed by atoms with van der Waals surface area (Å²) in [6, 6.07) is 0.384. The standard InChI is InChI=1S/C12H27NO3/c1-4-5-7-15-9-10-16-8-6-13-12(2)11-14-3/h12-13H,4-11H2,1-3H3. The average Bonchev–Trinajstić information content (AvgIpc) is 2.27. The fourth-order valence-electron chi connectivity index (χ4n) is 1.25. The summed E-state index contributed by atoms with van der Waals surface area (Å²) in [5, 5.41) is 3.30. The first-order valence-electron chi connectivity index (χ1n) is 6.19. The molecule has 4 nitrogen and oxygen atoms in total. The van der Waals surface area contributed by atoms with Gasteiger partial charge in [0.1, 0.15) is 0 Å². The van der Waals surface area contributed by atoms with Crippen LogP contribution in [0, 0.1) is 0 Å². The molecule has 16 heavy (non-hydrogen) atoms. The monoisotopic (exact) mass is 233 g/mol. The summed E-state index contributed by atoms with van der Waals surface area (Å²) in [7, 11) is 1.71. The zero-order valence-electron chi connectivity index (χ0n) is 11.0. The summed E-state index contributed by atoms with van der Waals surface area (Å²) in [4.78, 5) is 0. The lowest BCUT2D eigenvalue weighted by Gasteiger charge is -2.12. The normalized spacial score (nSPS) is 12.9. The third-order valence-electron chi connectivity index (χ3n) is 2.17. The van der Waals surface area contributed by atoms with Crippen molar-refractivity contribution in [3.63, 3.8) is 0 Å². The van der Waals surface area contributed by atoms with Gasteiger partial charge in [-0.05, 0) is 13.3 Å². The van der Waals surface area contributed by atoms with Crippen LogP contribution in [0.5, 0.6) is 0 Å². The molecule has 0 radical (unpaired) electrons. The number of hydrogen-bond acceptors (Lipinski definition) is 4. The van der Waals surface area contributed by atoms with Crippen molar-refractivity contribution in [3.05, 3.63) is 0 Å². The van der Waals surface area contributed by atoms with E-state index in [0.29, 0.717) is 19.3 Å². The summed E-state index contributed by atoms with van der Waals surface area (Å²) >= 11 is 0. The first-order valence-corrected chi connectivity index (χ1v) is 6.19. The summed E-state index contributed by atoms with van der Waals surface area (Å²) < 4.78 is 15.8. The molecule has 0 aromatic heterocycles. The van der Waals surface area contributed by atoms with E-state index < -0.39 is 0 Å². The van der Waals surface area contributed by atoms with Crippen molar-refractivity contribution in [2.75, 3.05) is 46.7 Å². The lowest BCUT2D eigenvalue weighted by molar-refractivity contribution is 0.0464. The van der Waals surface area contributed by atoms with E-state index in [4.69, 9.17) is 14.2 Å². The fourth-order valence-corrected chi connectivity index (χ4v) is 1.25. The Bertz CT molecular complexity index is 133. The van der Waals surface area contributed by atoms with Crippen LogP contribution >= 0.6 is 0 Å². The lowest BCUT2D eigenvalue weighted by Crippen LogP contribution is -2.33. The van der Waals surface area contributed by atoms with Crippen LogP contribution in [0.3, 0.4) is 0 Å². The zero-order valence-corrected chi connectivity index (χ0v) is 11.0. The number of hydrogen-bond donors (Lipinski definition) is 1. The van der Waals surface area contributed by atoms with Gasteiger partial charge in [0.25, 0.3) is 0 Å². The Morgan fingerprint density at radius 3 is 2.38 bits per heavy atom. The maximum Gasteiger partial charge on any atom is 0.0701 e. The Labute approximate surface area is 99.6 Å². The van der Waals surface area contributed by atoms with Gasteiger partial charge in [-0.15, -0.1) is 0 Å². The van der Waals surface area contributed by atoms with E-state index in [9.17, 15) is 0 Å². The first kappa shape index (κ1) is 15.8. The van der Waals surface area contributed by atoms with Crippen molar-refractivity contribution >= 4 is 0 Å². The summed E-state index contributed by atoms with van der Waals surface area (Å²) in [5.74, 6) is 0. The molecule has 0 aliphatic carbocycles. The molecule has 1 atom stereocenters. The van der Waals surface area contributed by atoms with E-state index in [-0.39, 0.29) is 0 Å². The van der Waals surface area contributed by atoms with E-state index in [1.165, 1.54) is 6.42 Å². The molecule has 0 bridgehead atoms. The highest BCUT2D eigenvalue weighted by Gasteiger charge is 1.98. The molecule has 0 amide bonds. The van der Waals surface area contributed by atoms with Crippen LogP contribution in [0.2, 0.25) is 0 Å². The quantitative estimate of drug-likeness (QED) is 0.518. The molecule has 0 heterocycles. The molecular weight excluding hydrogens is 206 g/mol. The van der Waals surface area contributed by atoms with Gasteiger partial charge in [-0.2, -0.15) is 0 Å². The largest absolute Gasteiger partial charge is 0.383 e. The highest BCUT2D eigenvalue weighted by Crippen LogP contribution is 1.87. The summed E-state index contributed by atoms with van der Waals surface area (Å²) in [5.41, 5.74) is 0. The maximum atomic E-state index is 5.41. The minimum Gasteiger partial charge on any atom is -0.383 e. The van der Waals surface area contributed by atoms with Gasteiger partial charge in [0.05, 0.1) is 26.4 Å². The Kier molecular flexibility index (Phi) is 12.8. The predicted molar refractivity (Wildman–Crippen MR) is 65.9 cm³/mol.